The maximum atomic E-state index is 12.4. The first-order valence-electron chi connectivity index (χ1n) is 6.56. The third kappa shape index (κ3) is 4.67. The lowest BCUT2D eigenvalue weighted by molar-refractivity contribution is -0.123. The van der Waals surface area contributed by atoms with Gasteiger partial charge in [-0.25, -0.2) is 0 Å². The number of likely N-dealkylation sites (N-methyl/N-ethyl adjacent to an activating group) is 1. The molecular formula is C14H22BrN3O2. The summed E-state index contributed by atoms with van der Waals surface area (Å²) in [6, 6.07) is 1.76. The molecule has 5 nitrogen and oxygen atoms in total. The predicted molar refractivity (Wildman–Crippen MR) is 82.6 cm³/mol. The van der Waals surface area contributed by atoms with Crippen LogP contribution in [0.2, 0.25) is 0 Å². The monoisotopic (exact) mass is 343 g/mol. The Balaban J connectivity index is 2.78. The summed E-state index contributed by atoms with van der Waals surface area (Å²) in [5, 5.41) is 2.86. The molecule has 1 heterocycles. The van der Waals surface area contributed by atoms with E-state index in [1.807, 2.05) is 33.9 Å². The van der Waals surface area contributed by atoms with Crippen LogP contribution in [-0.4, -0.2) is 39.9 Å². The molecule has 112 valence electrons. The van der Waals surface area contributed by atoms with Crippen LogP contribution in [0.1, 0.15) is 38.2 Å². The lowest BCUT2D eigenvalue weighted by Crippen LogP contribution is -2.47. The zero-order chi connectivity index (χ0) is 15.5. The number of amides is 2. The first kappa shape index (κ1) is 16.8. The number of nitrogens with one attached hydrogen (secondary N) is 1. The van der Waals surface area contributed by atoms with E-state index in [-0.39, 0.29) is 23.9 Å². The summed E-state index contributed by atoms with van der Waals surface area (Å²) in [5.74, 6) is -0.300. The van der Waals surface area contributed by atoms with Gasteiger partial charge in [-0.1, -0.05) is 0 Å². The molecule has 0 unspecified atom stereocenters. The molecule has 1 rings (SSSR count). The molecule has 0 aliphatic rings. The highest BCUT2D eigenvalue weighted by atomic mass is 79.9. The second kappa shape index (κ2) is 6.43. The summed E-state index contributed by atoms with van der Waals surface area (Å²) in [6.45, 7) is 8.15. The van der Waals surface area contributed by atoms with Crippen LogP contribution < -0.4 is 5.32 Å². The molecule has 2 amide bonds. The molecule has 0 aromatic carbocycles. The first-order valence-corrected chi connectivity index (χ1v) is 7.35. The zero-order valence-corrected chi connectivity index (χ0v) is 14.2. The van der Waals surface area contributed by atoms with E-state index in [1.54, 1.807) is 17.7 Å². The maximum absolute atomic E-state index is 12.4. The van der Waals surface area contributed by atoms with Crippen molar-refractivity contribution in [1.29, 1.82) is 0 Å². The Hall–Kier alpha value is -1.30. The Bertz CT molecular complexity index is 503. The van der Waals surface area contributed by atoms with E-state index in [4.69, 9.17) is 0 Å². The molecule has 1 aromatic heterocycles. The van der Waals surface area contributed by atoms with Crippen LogP contribution >= 0.6 is 15.9 Å². The van der Waals surface area contributed by atoms with Crippen LogP contribution in [0.25, 0.3) is 0 Å². The third-order valence-corrected chi connectivity index (χ3v) is 3.14. The van der Waals surface area contributed by atoms with E-state index in [9.17, 15) is 9.59 Å². The van der Waals surface area contributed by atoms with Gasteiger partial charge in [0.05, 0.1) is 6.54 Å². The highest BCUT2D eigenvalue weighted by molar-refractivity contribution is 9.10. The molecule has 0 atom stereocenters. The van der Waals surface area contributed by atoms with Gasteiger partial charge in [-0.3, -0.25) is 9.59 Å². The normalized spacial score (nSPS) is 11.3. The van der Waals surface area contributed by atoms with Crippen molar-refractivity contribution in [2.75, 3.05) is 13.1 Å². The number of carbonyl (C=O) groups excluding carboxylic acids is 2. The number of carbonyl (C=O) groups is 2. The molecule has 20 heavy (non-hydrogen) atoms. The standard InChI is InChI=1S/C14H22BrN3O2/c1-6-18(9-12(19)16-14(2,3)4)13(20)11-7-10(15)8-17(11)5/h7-8H,6,9H2,1-5H3,(H,16,19). The van der Waals surface area contributed by atoms with Crippen LogP contribution in [-0.2, 0) is 11.8 Å². The van der Waals surface area contributed by atoms with E-state index in [2.05, 4.69) is 21.2 Å². The van der Waals surface area contributed by atoms with Gasteiger partial charge >= 0.3 is 0 Å². The van der Waals surface area contributed by atoms with Gasteiger partial charge < -0.3 is 14.8 Å². The fourth-order valence-electron chi connectivity index (χ4n) is 1.86. The van der Waals surface area contributed by atoms with Crippen molar-refractivity contribution in [3.8, 4) is 0 Å². The lowest BCUT2D eigenvalue weighted by atomic mass is 10.1. The minimum Gasteiger partial charge on any atom is -0.350 e. The molecular weight excluding hydrogens is 322 g/mol. The quantitative estimate of drug-likeness (QED) is 0.910. The van der Waals surface area contributed by atoms with Gasteiger partial charge in [-0.15, -0.1) is 0 Å². The molecule has 1 aromatic rings. The Morgan fingerprint density at radius 2 is 2.00 bits per heavy atom. The molecule has 1 N–H and O–H groups in total. The SMILES string of the molecule is CCN(CC(=O)NC(C)(C)C)C(=O)c1cc(Br)cn1C. The molecule has 0 saturated carbocycles. The van der Waals surface area contributed by atoms with Crippen molar-refractivity contribution in [2.45, 2.75) is 33.2 Å². The third-order valence-electron chi connectivity index (χ3n) is 2.71. The van der Waals surface area contributed by atoms with E-state index in [0.29, 0.717) is 12.2 Å². The average molecular weight is 344 g/mol. The molecule has 0 aliphatic carbocycles. The molecule has 6 heteroatoms. The van der Waals surface area contributed by atoms with Crippen LogP contribution in [0, 0.1) is 0 Å². The minimum absolute atomic E-state index is 0.0649. The van der Waals surface area contributed by atoms with Gasteiger partial charge in [0, 0.05) is 29.8 Å². The van der Waals surface area contributed by atoms with Gasteiger partial charge in [0.25, 0.3) is 5.91 Å². The van der Waals surface area contributed by atoms with Gasteiger partial charge in [-0.2, -0.15) is 0 Å². The molecule has 0 bridgehead atoms. The average Bonchev–Trinajstić information content (AvgIpc) is 2.62. The number of aromatic nitrogens is 1. The molecule has 0 spiro atoms. The van der Waals surface area contributed by atoms with E-state index >= 15 is 0 Å². The second-order valence-corrected chi connectivity index (χ2v) is 6.69. The fourth-order valence-corrected chi connectivity index (χ4v) is 2.38. The Morgan fingerprint density at radius 1 is 1.40 bits per heavy atom. The van der Waals surface area contributed by atoms with E-state index < -0.39 is 0 Å². The van der Waals surface area contributed by atoms with Crippen molar-refractivity contribution in [2.24, 2.45) is 7.05 Å². The van der Waals surface area contributed by atoms with Crippen molar-refractivity contribution in [1.82, 2.24) is 14.8 Å². The first-order chi connectivity index (χ1) is 9.14. The van der Waals surface area contributed by atoms with Gasteiger partial charge in [0.15, 0.2) is 0 Å². The van der Waals surface area contributed by atoms with Crippen LogP contribution in [0.5, 0.6) is 0 Å². The number of hydrogen-bond acceptors (Lipinski definition) is 2. The Morgan fingerprint density at radius 3 is 2.40 bits per heavy atom. The van der Waals surface area contributed by atoms with Crippen LogP contribution in [0.15, 0.2) is 16.7 Å². The zero-order valence-electron chi connectivity index (χ0n) is 12.7. The van der Waals surface area contributed by atoms with Crippen molar-refractivity contribution < 1.29 is 9.59 Å². The Labute approximate surface area is 128 Å². The topological polar surface area (TPSA) is 54.3 Å². The minimum atomic E-state index is -0.298. The molecule has 0 radical (unpaired) electrons. The summed E-state index contributed by atoms with van der Waals surface area (Å²) in [6.07, 6.45) is 1.82. The van der Waals surface area contributed by atoms with Crippen LogP contribution in [0.4, 0.5) is 0 Å². The van der Waals surface area contributed by atoms with Crippen molar-refractivity contribution in [3.05, 3.63) is 22.4 Å². The summed E-state index contributed by atoms with van der Waals surface area (Å²) >= 11 is 3.34. The lowest BCUT2D eigenvalue weighted by Gasteiger charge is -2.25. The number of halogens is 1. The second-order valence-electron chi connectivity index (χ2n) is 5.77. The maximum Gasteiger partial charge on any atom is 0.270 e. The van der Waals surface area contributed by atoms with Crippen molar-refractivity contribution >= 4 is 27.7 Å². The van der Waals surface area contributed by atoms with Crippen molar-refractivity contribution in [3.63, 3.8) is 0 Å². The van der Waals surface area contributed by atoms with Gasteiger partial charge in [-0.05, 0) is 49.7 Å². The van der Waals surface area contributed by atoms with Gasteiger partial charge in [0.1, 0.15) is 5.69 Å². The van der Waals surface area contributed by atoms with Gasteiger partial charge in [0.2, 0.25) is 5.91 Å². The highest BCUT2D eigenvalue weighted by Gasteiger charge is 2.22. The Kier molecular flexibility index (Phi) is 5.39. The highest BCUT2D eigenvalue weighted by Crippen LogP contribution is 2.15. The summed E-state index contributed by atoms with van der Waals surface area (Å²) in [4.78, 5) is 25.9. The molecule has 0 saturated heterocycles. The molecule has 0 fully saturated rings. The number of hydrogen-bond donors (Lipinski definition) is 1. The number of nitrogens with zero attached hydrogens (tertiary/aromatic N) is 2. The smallest absolute Gasteiger partial charge is 0.270 e. The summed E-state index contributed by atoms with van der Waals surface area (Å²) in [5.41, 5.74) is 0.260. The van der Waals surface area contributed by atoms with Crippen LogP contribution in [0.3, 0.4) is 0 Å². The molecule has 0 aliphatic heterocycles. The van der Waals surface area contributed by atoms with E-state index in [0.717, 1.165) is 4.47 Å². The summed E-state index contributed by atoms with van der Waals surface area (Å²) < 4.78 is 2.59. The fraction of sp³-hybridized carbons (Fsp3) is 0.571. The number of aryl methyl sites for hydroxylation is 1. The largest absolute Gasteiger partial charge is 0.350 e. The number of rotatable bonds is 4. The predicted octanol–water partition coefficient (Wildman–Crippen LogP) is 2.16. The summed E-state index contributed by atoms with van der Waals surface area (Å²) in [7, 11) is 1.81. The van der Waals surface area contributed by atoms with E-state index in [1.165, 1.54) is 4.90 Å².